The van der Waals surface area contributed by atoms with E-state index in [1.165, 1.54) is 10.0 Å². The van der Waals surface area contributed by atoms with Gasteiger partial charge in [0.15, 0.2) is 11.6 Å². The Morgan fingerprint density at radius 3 is 1.31 bits per heavy atom. The second-order valence-electron chi connectivity index (χ2n) is 13.6. The number of anilines is 2. The zero-order valence-electron chi connectivity index (χ0n) is 34.7. The summed E-state index contributed by atoms with van der Waals surface area (Å²) < 4.78 is 157. The molecule has 2 aromatic carbocycles. The first kappa shape index (κ1) is 51.8. The Morgan fingerprint density at radius 1 is 0.612 bits per heavy atom. The van der Waals surface area contributed by atoms with Crippen molar-refractivity contribution < 1.29 is 67.4 Å². The van der Waals surface area contributed by atoms with E-state index < -0.39 is 75.8 Å². The van der Waals surface area contributed by atoms with Crippen molar-refractivity contribution in [1.82, 2.24) is 44.9 Å². The lowest BCUT2D eigenvalue weighted by molar-refractivity contribution is -0.144. The predicted molar refractivity (Wildman–Crippen MR) is 216 cm³/mol. The SMILES string of the molecule is Cc1cccnc1N(C)N.Cc1cccnc1N(C)NC(=O)/C=C\n1cnc(-c2cc(C(F)(F)F)cc(C(F)(F)F)c2)n1.O=C(O)/C=C\n1cnc(-c2cc(C(F)(F)F)cc(C(F)(F)F)c2)n1. The molecule has 4 N–H and O–H groups in total. The largest absolute Gasteiger partial charge is 0.478 e. The lowest BCUT2D eigenvalue weighted by Gasteiger charge is -2.19. The maximum absolute atomic E-state index is 13.0. The van der Waals surface area contributed by atoms with Crippen LogP contribution < -0.4 is 21.3 Å². The molecule has 0 saturated carbocycles. The van der Waals surface area contributed by atoms with Gasteiger partial charge in [0, 0.05) is 62.2 Å². The zero-order chi connectivity index (χ0) is 50.1. The Kier molecular flexibility index (Phi) is 16.2. The summed E-state index contributed by atoms with van der Waals surface area (Å²) in [6.45, 7) is 3.78. The number of pyridine rings is 2. The van der Waals surface area contributed by atoms with E-state index in [0.717, 1.165) is 57.4 Å². The quantitative estimate of drug-likeness (QED) is 0.0544. The third-order valence-electron chi connectivity index (χ3n) is 8.35. The minimum atomic E-state index is -4.99. The molecular weight excluding hydrogens is 924 g/mol. The van der Waals surface area contributed by atoms with Crippen molar-refractivity contribution >= 4 is 35.9 Å². The van der Waals surface area contributed by atoms with Crippen LogP contribution in [0.1, 0.15) is 33.4 Å². The molecule has 6 rings (SSSR count). The molecule has 0 atom stereocenters. The molecule has 0 aliphatic rings. The van der Waals surface area contributed by atoms with Crippen molar-refractivity contribution in [3.8, 4) is 22.8 Å². The minimum Gasteiger partial charge on any atom is -0.478 e. The predicted octanol–water partition coefficient (Wildman–Crippen LogP) is 8.56. The molecule has 6 aromatic rings. The van der Waals surface area contributed by atoms with E-state index in [4.69, 9.17) is 10.9 Å². The Labute approximate surface area is 370 Å². The monoisotopic (exact) mass is 958 g/mol. The second-order valence-corrected chi connectivity index (χ2v) is 13.6. The average Bonchev–Trinajstić information content (AvgIpc) is 3.92. The van der Waals surface area contributed by atoms with Gasteiger partial charge in [-0.15, -0.1) is 10.2 Å². The molecule has 0 bridgehead atoms. The highest BCUT2D eigenvalue weighted by atomic mass is 19.4. The van der Waals surface area contributed by atoms with E-state index >= 15 is 0 Å². The van der Waals surface area contributed by atoms with Crippen molar-refractivity contribution in [3.05, 3.63) is 131 Å². The van der Waals surface area contributed by atoms with Crippen molar-refractivity contribution in [2.24, 2.45) is 5.84 Å². The van der Waals surface area contributed by atoms with Crippen LogP contribution in [-0.2, 0) is 34.3 Å². The van der Waals surface area contributed by atoms with Crippen LogP contribution in [0.4, 0.5) is 64.3 Å². The number of carbonyl (C=O) groups excluding carboxylic acids is 1. The molecule has 0 spiro atoms. The van der Waals surface area contributed by atoms with Gasteiger partial charge >= 0.3 is 30.7 Å². The smallest absolute Gasteiger partial charge is 0.416 e. The van der Waals surface area contributed by atoms with Crippen molar-refractivity contribution in [2.75, 3.05) is 24.1 Å². The number of hydrogen-bond acceptors (Lipinski definition) is 11. The first-order valence-electron chi connectivity index (χ1n) is 18.4. The third kappa shape index (κ3) is 15.1. The number of nitrogens with two attached hydrogens (primary N) is 1. The van der Waals surface area contributed by atoms with Crippen LogP contribution in [0.2, 0.25) is 0 Å². The van der Waals surface area contributed by atoms with E-state index in [9.17, 15) is 62.3 Å². The van der Waals surface area contributed by atoms with Crippen LogP contribution in [-0.4, -0.2) is 70.6 Å². The molecule has 15 nitrogen and oxygen atoms in total. The number of hydrogen-bond donors (Lipinski definition) is 3. The van der Waals surface area contributed by atoms with E-state index in [-0.39, 0.29) is 18.0 Å². The fraction of sp³-hybridized carbons (Fsp3) is 0.200. The van der Waals surface area contributed by atoms with Gasteiger partial charge in [0.05, 0.1) is 22.3 Å². The van der Waals surface area contributed by atoms with Crippen LogP contribution in [0.25, 0.3) is 35.2 Å². The van der Waals surface area contributed by atoms with Gasteiger partial charge < -0.3 is 5.11 Å². The van der Waals surface area contributed by atoms with E-state index in [1.807, 2.05) is 19.1 Å². The highest BCUT2D eigenvalue weighted by molar-refractivity contribution is 5.91. The van der Waals surface area contributed by atoms with Gasteiger partial charge in [-0.3, -0.25) is 20.2 Å². The number of aryl methyl sites for hydroxylation is 2. The molecule has 0 fully saturated rings. The first-order valence-corrected chi connectivity index (χ1v) is 18.4. The Morgan fingerprint density at radius 2 is 0.985 bits per heavy atom. The summed E-state index contributed by atoms with van der Waals surface area (Å²) in [5.74, 6) is 4.12. The molecule has 0 radical (unpaired) electrons. The highest BCUT2D eigenvalue weighted by Crippen LogP contribution is 2.39. The van der Waals surface area contributed by atoms with Gasteiger partial charge in [-0.05, 0) is 73.5 Å². The second kappa shape index (κ2) is 21.0. The number of carbonyl (C=O) groups is 2. The molecule has 0 saturated heterocycles. The van der Waals surface area contributed by atoms with Gasteiger partial charge in [-0.1, -0.05) is 12.1 Å². The van der Waals surface area contributed by atoms with Gasteiger partial charge in [0.25, 0.3) is 5.91 Å². The normalized spacial score (nSPS) is 12.0. The lowest BCUT2D eigenvalue weighted by Crippen LogP contribution is -2.39. The fourth-order valence-corrected chi connectivity index (χ4v) is 5.34. The summed E-state index contributed by atoms with van der Waals surface area (Å²) in [6.07, 6.45) is -10.9. The Balaban J connectivity index is 0.000000250. The van der Waals surface area contributed by atoms with Crippen LogP contribution in [0.3, 0.4) is 0 Å². The molecule has 4 heterocycles. The Bertz CT molecular complexity index is 2660. The van der Waals surface area contributed by atoms with Crippen molar-refractivity contribution in [1.29, 1.82) is 0 Å². The van der Waals surface area contributed by atoms with Crippen LogP contribution >= 0.6 is 0 Å². The number of hydrazine groups is 2. The molecule has 356 valence electrons. The van der Waals surface area contributed by atoms with Crippen LogP contribution in [0.5, 0.6) is 0 Å². The highest BCUT2D eigenvalue weighted by Gasteiger charge is 2.38. The number of carboxylic acids is 1. The number of aliphatic carboxylic acids is 1. The standard InChI is InChI=1S/C20H16F6N6O.C13H7F6N3O2.C7H11N3/c1-12-4-3-6-27-18(12)31(2)29-16(33)5-7-32-11-28-17(30-32)13-8-14(19(21,22)23)10-15(9-13)20(24,25)26;14-12(15,16)8-3-7(4-9(5-8)13(17,18)19)11-20-6-22(21-11)2-1-10(23)24;1-6-4-3-5-9-7(6)10(2)8/h3-11H,1-2H3,(H,29,33);1-6H,(H,23,24);3-5H,8H2,1-2H3/b7-5-;2-1-;. The number of rotatable bonds is 9. The summed E-state index contributed by atoms with van der Waals surface area (Å²) in [5.41, 5.74) is -2.50. The molecule has 1 amide bonds. The summed E-state index contributed by atoms with van der Waals surface area (Å²) >= 11 is 0. The van der Waals surface area contributed by atoms with Gasteiger partial charge in [-0.2, -0.15) is 52.7 Å². The summed E-state index contributed by atoms with van der Waals surface area (Å²) in [6, 6.07) is 9.43. The Hall–Kier alpha value is -7.84. The average molecular weight is 959 g/mol. The molecule has 67 heavy (non-hydrogen) atoms. The van der Waals surface area contributed by atoms with E-state index in [1.54, 1.807) is 45.5 Å². The zero-order valence-corrected chi connectivity index (χ0v) is 34.7. The molecular formula is C40H34F12N12O3. The topological polar surface area (TPSA) is 186 Å². The summed E-state index contributed by atoms with van der Waals surface area (Å²) in [7, 11) is 3.34. The number of benzene rings is 2. The fourth-order valence-electron chi connectivity index (χ4n) is 5.34. The summed E-state index contributed by atoms with van der Waals surface area (Å²) in [5, 5.41) is 18.8. The van der Waals surface area contributed by atoms with Gasteiger partial charge in [0.2, 0.25) is 0 Å². The number of aromatic nitrogens is 8. The molecule has 4 aromatic heterocycles. The number of halogens is 12. The number of carboxylic acid groups (broad SMARTS) is 1. The maximum atomic E-state index is 13.0. The van der Waals surface area contributed by atoms with Gasteiger partial charge in [0.1, 0.15) is 24.3 Å². The van der Waals surface area contributed by atoms with Crippen LogP contribution in [0.15, 0.2) is 97.9 Å². The van der Waals surface area contributed by atoms with Crippen LogP contribution in [0, 0.1) is 13.8 Å². The lowest BCUT2D eigenvalue weighted by atomic mass is 10.0. The number of amides is 1. The number of alkyl halides is 12. The third-order valence-corrected chi connectivity index (χ3v) is 8.35. The number of nitrogens with one attached hydrogen (secondary N) is 1. The molecule has 0 aliphatic carbocycles. The molecule has 0 unspecified atom stereocenters. The summed E-state index contributed by atoms with van der Waals surface area (Å²) in [4.78, 5) is 38.0. The van der Waals surface area contributed by atoms with E-state index in [0.29, 0.717) is 36.2 Å². The first-order chi connectivity index (χ1) is 31.0. The van der Waals surface area contributed by atoms with E-state index in [2.05, 4.69) is 35.6 Å². The molecule has 0 aliphatic heterocycles. The van der Waals surface area contributed by atoms with Gasteiger partial charge in [-0.25, -0.2) is 39.9 Å². The molecule has 27 heteroatoms. The maximum Gasteiger partial charge on any atom is 0.416 e. The van der Waals surface area contributed by atoms with Crippen molar-refractivity contribution in [3.63, 3.8) is 0 Å². The number of nitrogens with zero attached hydrogens (tertiary/aromatic N) is 10. The minimum absolute atomic E-state index is 0.00910. The van der Waals surface area contributed by atoms with Crippen molar-refractivity contribution in [2.45, 2.75) is 38.6 Å².